The second-order valence-corrected chi connectivity index (χ2v) is 8.90. The fraction of sp³-hybridized carbons (Fsp3) is 0.467. The van der Waals surface area contributed by atoms with Crippen molar-refractivity contribution in [2.45, 2.75) is 37.5 Å². The van der Waals surface area contributed by atoms with Crippen LogP contribution in [-0.4, -0.2) is 30.7 Å². The number of alkyl halides is 1. The van der Waals surface area contributed by atoms with Crippen molar-refractivity contribution in [3.63, 3.8) is 0 Å². The molecular formula is C15H17Cl2N3O3S. The van der Waals surface area contributed by atoms with Crippen LogP contribution in [0.1, 0.15) is 32.6 Å². The minimum Gasteiger partial charge on any atom is -0.282 e. The second-order valence-electron chi connectivity index (χ2n) is 5.84. The standard InChI is InChI=1S/C15H17Cl2N3O3S/c1-2-24(22,23)19-12-9-10(6-7-11(12)16)20-14(21)15(17)8-4-3-5-13(15)18-20/h6-7,9,19H,2-5,8H2,1H3. The molecule has 1 fully saturated rings. The van der Waals surface area contributed by atoms with Crippen molar-refractivity contribution in [3.05, 3.63) is 23.2 Å². The summed E-state index contributed by atoms with van der Waals surface area (Å²) in [6.07, 6.45) is 3.08. The van der Waals surface area contributed by atoms with Gasteiger partial charge in [0.2, 0.25) is 10.0 Å². The highest BCUT2D eigenvalue weighted by molar-refractivity contribution is 7.92. The Morgan fingerprint density at radius 1 is 1.38 bits per heavy atom. The summed E-state index contributed by atoms with van der Waals surface area (Å²) in [5.74, 6) is -0.381. The first-order chi connectivity index (χ1) is 11.3. The first-order valence-corrected chi connectivity index (χ1v) is 10.1. The van der Waals surface area contributed by atoms with Crippen LogP contribution in [0.2, 0.25) is 5.02 Å². The summed E-state index contributed by atoms with van der Waals surface area (Å²) in [6, 6.07) is 4.64. The Morgan fingerprint density at radius 3 is 2.79 bits per heavy atom. The fourth-order valence-corrected chi connectivity index (χ4v) is 4.05. The van der Waals surface area contributed by atoms with Gasteiger partial charge in [-0.2, -0.15) is 10.1 Å². The van der Waals surface area contributed by atoms with Crippen molar-refractivity contribution >= 4 is 56.2 Å². The van der Waals surface area contributed by atoms with Crippen molar-refractivity contribution in [2.24, 2.45) is 5.10 Å². The number of carbonyl (C=O) groups is 1. The Bertz CT molecular complexity index is 825. The van der Waals surface area contributed by atoms with E-state index >= 15 is 0 Å². The van der Waals surface area contributed by atoms with Gasteiger partial charge in [0.05, 0.1) is 27.9 Å². The van der Waals surface area contributed by atoms with Crippen LogP contribution in [0.5, 0.6) is 0 Å². The number of hydrogen-bond donors (Lipinski definition) is 1. The normalized spacial score (nSPS) is 23.9. The highest BCUT2D eigenvalue weighted by Gasteiger charge is 2.50. The first kappa shape index (κ1) is 17.5. The number of sulfonamides is 1. The SMILES string of the molecule is CCS(=O)(=O)Nc1cc(N2N=C3CCCCC3(Cl)C2=O)ccc1Cl. The quantitative estimate of drug-likeness (QED) is 0.801. The van der Waals surface area contributed by atoms with Gasteiger partial charge in [-0.05, 0) is 44.4 Å². The third-order valence-electron chi connectivity index (χ3n) is 4.23. The van der Waals surface area contributed by atoms with Gasteiger partial charge >= 0.3 is 0 Å². The molecule has 1 aliphatic carbocycles. The van der Waals surface area contributed by atoms with Gasteiger partial charge in [0.1, 0.15) is 0 Å². The fourth-order valence-electron chi connectivity index (χ4n) is 2.83. The molecule has 6 nitrogen and oxygen atoms in total. The smallest absolute Gasteiger partial charge is 0.274 e. The predicted octanol–water partition coefficient (Wildman–Crippen LogP) is 3.36. The van der Waals surface area contributed by atoms with E-state index in [1.54, 1.807) is 6.07 Å². The van der Waals surface area contributed by atoms with Crippen LogP contribution in [0.25, 0.3) is 0 Å². The monoisotopic (exact) mass is 389 g/mol. The second kappa shape index (κ2) is 6.20. The lowest BCUT2D eigenvalue weighted by atomic mass is 9.86. The molecule has 1 saturated carbocycles. The molecule has 1 aromatic rings. The van der Waals surface area contributed by atoms with Crippen LogP contribution in [0.3, 0.4) is 0 Å². The molecular weight excluding hydrogens is 373 g/mol. The Morgan fingerprint density at radius 2 is 2.12 bits per heavy atom. The lowest BCUT2D eigenvalue weighted by molar-refractivity contribution is -0.119. The zero-order valence-corrected chi connectivity index (χ0v) is 15.4. The molecule has 3 rings (SSSR count). The van der Waals surface area contributed by atoms with Crippen LogP contribution in [-0.2, 0) is 14.8 Å². The van der Waals surface area contributed by atoms with Crippen molar-refractivity contribution in [3.8, 4) is 0 Å². The third-order valence-corrected chi connectivity index (χ3v) is 6.42. The van der Waals surface area contributed by atoms with Gasteiger partial charge in [0, 0.05) is 0 Å². The third kappa shape index (κ3) is 3.00. The van der Waals surface area contributed by atoms with Gasteiger partial charge in [-0.3, -0.25) is 9.52 Å². The van der Waals surface area contributed by atoms with Gasteiger partial charge in [-0.15, -0.1) is 11.6 Å². The van der Waals surface area contributed by atoms with E-state index in [9.17, 15) is 13.2 Å². The number of nitrogens with zero attached hydrogens (tertiary/aromatic N) is 2. The zero-order valence-electron chi connectivity index (χ0n) is 13.1. The molecule has 130 valence electrons. The molecule has 0 spiro atoms. The summed E-state index contributed by atoms with van der Waals surface area (Å²) in [7, 11) is -3.48. The van der Waals surface area contributed by atoms with Crippen molar-refractivity contribution in [1.29, 1.82) is 0 Å². The largest absolute Gasteiger partial charge is 0.282 e. The number of hydrazone groups is 1. The maximum Gasteiger partial charge on any atom is 0.274 e. The molecule has 1 N–H and O–H groups in total. The van der Waals surface area contributed by atoms with Crippen LogP contribution in [0, 0.1) is 0 Å². The van der Waals surface area contributed by atoms with E-state index in [0.29, 0.717) is 24.2 Å². The molecule has 1 aliphatic heterocycles. The molecule has 0 bridgehead atoms. The molecule has 9 heteroatoms. The van der Waals surface area contributed by atoms with E-state index < -0.39 is 14.9 Å². The van der Waals surface area contributed by atoms with Crippen molar-refractivity contribution < 1.29 is 13.2 Å². The minimum atomic E-state index is -3.48. The van der Waals surface area contributed by atoms with Gasteiger partial charge in [0.25, 0.3) is 5.91 Å². The van der Waals surface area contributed by atoms with E-state index in [-0.39, 0.29) is 22.4 Å². The van der Waals surface area contributed by atoms with Crippen molar-refractivity contribution in [2.75, 3.05) is 15.5 Å². The number of anilines is 2. The summed E-state index contributed by atoms with van der Waals surface area (Å²) >= 11 is 12.6. The molecule has 1 aromatic carbocycles. The van der Waals surface area contributed by atoms with Gasteiger partial charge in [-0.1, -0.05) is 18.0 Å². The number of carbonyl (C=O) groups excluding carboxylic acids is 1. The average Bonchev–Trinajstić information content (AvgIpc) is 2.81. The van der Waals surface area contributed by atoms with E-state index in [0.717, 1.165) is 12.8 Å². The lowest BCUT2D eigenvalue weighted by Gasteiger charge is -2.25. The molecule has 1 heterocycles. The first-order valence-electron chi connectivity index (χ1n) is 7.68. The van der Waals surface area contributed by atoms with Gasteiger partial charge < -0.3 is 0 Å². The highest BCUT2D eigenvalue weighted by Crippen LogP contribution is 2.41. The van der Waals surface area contributed by atoms with Crippen LogP contribution < -0.4 is 9.73 Å². The molecule has 2 aliphatic rings. The van der Waals surface area contributed by atoms with Crippen molar-refractivity contribution in [1.82, 2.24) is 0 Å². The molecule has 0 aromatic heterocycles. The van der Waals surface area contributed by atoms with Gasteiger partial charge in [-0.25, -0.2) is 8.42 Å². The molecule has 1 amide bonds. The Balaban J connectivity index is 1.96. The molecule has 1 atom stereocenters. The zero-order chi connectivity index (χ0) is 17.5. The topological polar surface area (TPSA) is 78.8 Å². The summed E-state index contributed by atoms with van der Waals surface area (Å²) < 4.78 is 26.0. The summed E-state index contributed by atoms with van der Waals surface area (Å²) in [4.78, 5) is 11.6. The van der Waals surface area contributed by atoms with E-state index in [4.69, 9.17) is 23.2 Å². The Kier molecular flexibility index (Phi) is 4.53. The van der Waals surface area contributed by atoms with E-state index in [2.05, 4.69) is 9.82 Å². The number of hydrogen-bond acceptors (Lipinski definition) is 4. The maximum absolute atomic E-state index is 12.7. The molecule has 0 saturated heterocycles. The van der Waals surface area contributed by atoms with E-state index in [1.165, 1.54) is 24.1 Å². The average molecular weight is 390 g/mol. The highest BCUT2D eigenvalue weighted by atomic mass is 35.5. The van der Waals surface area contributed by atoms with Gasteiger partial charge in [0.15, 0.2) is 4.87 Å². The minimum absolute atomic E-state index is 0.0801. The molecule has 1 unspecified atom stereocenters. The lowest BCUT2D eigenvalue weighted by Crippen LogP contribution is -2.43. The molecule has 0 radical (unpaired) electrons. The van der Waals surface area contributed by atoms with E-state index in [1.807, 2.05) is 0 Å². The number of fused-ring (bicyclic) bond motifs is 1. The summed E-state index contributed by atoms with van der Waals surface area (Å²) in [5, 5.41) is 5.86. The Hall–Kier alpha value is -1.31. The number of rotatable bonds is 4. The number of benzene rings is 1. The van der Waals surface area contributed by atoms with Crippen LogP contribution in [0.15, 0.2) is 23.3 Å². The number of nitrogens with one attached hydrogen (secondary N) is 1. The van der Waals surface area contributed by atoms with Crippen LogP contribution in [0.4, 0.5) is 11.4 Å². The number of amides is 1. The van der Waals surface area contributed by atoms with Crippen LogP contribution >= 0.6 is 23.2 Å². The maximum atomic E-state index is 12.7. The number of halogens is 2. The Labute approximate surface area is 150 Å². The summed E-state index contributed by atoms with van der Waals surface area (Å²) in [5.41, 5.74) is 1.31. The predicted molar refractivity (Wildman–Crippen MR) is 96.5 cm³/mol. The summed E-state index contributed by atoms with van der Waals surface area (Å²) in [6.45, 7) is 1.53. The molecule has 24 heavy (non-hydrogen) atoms.